The molecule has 0 aliphatic carbocycles. The molecule has 0 atom stereocenters. The van der Waals surface area contributed by atoms with E-state index in [9.17, 15) is 9.18 Å². The number of carbonyl (C=O) groups is 1. The number of rotatable bonds is 4. The molecule has 5 nitrogen and oxygen atoms in total. The smallest absolute Gasteiger partial charge is 0.336 e. The summed E-state index contributed by atoms with van der Waals surface area (Å²) in [6.07, 6.45) is -0.158. The van der Waals surface area contributed by atoms with E-state index < -0.39 is 11.7 Å². The summed E-state index contributed by atoms with van der Waals surface area (Å²) in [6.45, 7) is 3.66. The van der Waals surface area contributed by atoms with Crippen molar-refractivity contribution in [2.24, 2.45) is 0 Å². The number of nitrogens with zero attached hydrogens (tertiary/aromatic N) is 3. The molecule has 0 N–H and O–H groups in total. The fourth-order valence-electron chi connectivity index (χ4n) is 2.26. The lowest BCUT2D eigenvalue weighted by Gasteiger charge is -2.06. The zero-order chi connectivity index (χ0) is 18.0. The number of carbonyl (C=O) groups excluding carboxylic acids is 1. The summed E-state index contributed by atoms with van der Waals surface area (Å²) < 4.78 is 20.9. The Labute approximate surface area is 152 Å². The molecule has 0 saturated heterocycles. The highest BCUT2D eigenvalue weighted by atomic mass is 79.9. The van der Waals surface area contributed by atoms with E-state index in [1.165, 1.54) is 12.1 Å². The molecular formula is C18H15BrFN3O2. The predicted octanol–water partition coefficient (Wildman–Crippen LogP) is 4.32. The van der Waals surface area contributed by atoms with E-state index in [4.69, 9.17) is 4.74 Å². The highest BCUT2D eigenvalue weighted by Crippen LogP contribution is 2.24. The molecule has 0 aliphatic rings. The maximum Gasteiger partial charge on any atom is 0.336 e. The van der Waals surface area contributed by atoms with Gasteiger partial charge in [0.2, 0.25) is 0 Å². The Bertz CT molecular complexity index is 924. The summed E-state index contributed by atoms with van der Waals surface area (Å²) in [5.41, 5.74) is 0.854. The molecule has 0 spiro atoms. The minimum atomic E-state index is -0.424. The maximum atomic E-state index is 13.6. The minimum absolute atomic E-state index is 0.0645. The van der Waals surface area contributed by atoms with Crippen LogP contribution >= 0.6 is 15.9 Å². The van der Waals surface area contributed by atoms with Gasteiger partial charge < -0.3 is 4.74 Å². The number of hydrogen-bond acceptors (Lipinski definition) is 4. The van der Waals surface area contributed by atoms with Crippen LogP contribution in [0, 0.1) is 5.82 Å². The van der Waals surface area contributed by atoms with E-state index in [1.54, 1.807) is 30.3 Å². The molecule has 0 unspecified atom stereocenters. The van der Waals surface area contributed by atoms with Gasteiger partial charge in [-0.25, -0.2) is 4.39 Å². The third-order valence-electron chi connectivity index (χ3n) is 3.31. The van der Waals surface area contributed by atoms with Gasteiger partial charge in [-0.1, -0.05) is 24.3 Å². The van der Waals surface area contributed by atoms with Gasteiger partial charge in [0, 0.05) is 10.0 Å². The number of hydrogen-bond donors (Lipinski definition) is 0. The van der Waals surface area contributed by atoms with Gasteiger partial charge in [-0.15, -0.1) is 5.10 Å². The standard InChI is InChI=1S/C18H15BrFN3O2/c1-11(2)25-18-21-16(12-6-5-7-13(20)10-12)23(22-18)17(24)14-8-3-4-9-15(14)19/h3-11H,1-2H3. The molecule has 3 rings (SSSR count). The first-order valence-corrected chi connectivity index (χ1v) is 8.44. The van der Waals surface area contributed by atoms with Crippen molar-refractivity contribution >= 4 is 21.8 Å². The Morgan fingerprint density at radius 3 is 2.64 bits per heavy atom. The molecule has 0 bridgehead atoms. The van der Waals surface area contributed by atoms with Crippen molar-refractivity contribution in [3.63, 3.8) is 0 Å². The average Bonchev–Trinajstić information content (AvgIpc) is 2.98. The first-order chi connectivity index (χ1) is 12.0. The number of benzene rings is 2. The van der Waals surface area contributed by atoms with Crippen LogP contribution in [0.3, 0.4) is 0 Å². The Balaban J connectivity index is 2.12. The first kappa shape index (κ1) is 17.3. The molecule has 25 heavy (non-hydrogen) atoms. The third-order valence-corrected chi connectivity index (χ3v) is 4.00. The van der Waals surface area contributed by atoms with Gasteiger partial charge in [0.25, 0.3) is 5.91 Å². The van der Waals surface area contributed by atoms with E-state index in [2.05, 4.69) is 26.0 Å². The molecule has 0 fully saturated rings. The molecule has 1 aromatic heterocycles. The van der Waals surface area contributed by atoms with Crippen LogP contribution in [0.25, 0.3) is 11.4 Å². The van der Waals surface area contributed by atoms with Crippen molar-refractivity contribution in [1.29, 1.82) is 0 Å². The summed E-state index contributed by atoms with van der Waals surface area (Å²) in [7, 11) is 0. The van der Waals surface area contributed by atoms with Crippen molar-refractivity contribution in [2.45, 2.75) is 20.0 Å². The van der Waals surface area contributed by atoms with Gasteiger partial charge in [0.05, 0.1) is 11.7 Å². The van der Waals surface area contributed by atoms with Crippen LogP contribution < -0.4 is 4.74 Å². The van der Waals surface area contributed by atoms with Crippen LogP contribution in [0.4, 0.5) is 4.39 Å². The van der Waals surface area contributed by atoms with Crippen LogP contribution in [0.1, 0.15) is 24.2 Å². The van der Waals surface area contributed by atoms with Gasteiger partial charge in [0.1, 0.15) is 5.82 Å². The Morgan fingerprint density at radius 1 is 1.20 bits per heavy atom. The number of halogens is 2. The van der Waals surface area contributed by atoms with Crippen molar-refractivity contribution in [1.82, 2.24) is 14.8 Å². The summed E-state index contributed by atoms with van der Waals surface area (Å²) in [5.74, 6) is -0.597. The van der Waals surface area contributed by atoms with Crippen molar-refractivity contribution < 1.29 is 13.9 Å². The largest absolute Gasteiger partial charge is 0.460 e. The van der Waals surface area contributed by atoms with E-state index >= 15 is 0 Å². The van der Waals surface area contributed by atoms with Gasteiger partial charge >= 0.3 is 6.01 Å². The average molecular weight is 404 g/mol. The van der Waals surface area contributed by atoms with Gasteiger partial charge in [0.15, 0.2) is 5.82 Å². The molecule has 0 aliphatic heterocycles. The molecule has 2 aromatic carbocycles. The number of ether oxygens (including phenoxy) is 1. The molecular weight excluding hydrogens is 389 g/mol. The number of aromatic nitrogens is 3. The van der Waals surface area contributed by atoms with E-state index in [1.807, 2.05) is 19.9 Å². The van der Waals surface area contributed by atoms with Crippen LogP contribution in [0.15, 0.2) is 53.0 Å². The third kappa shape index (κ3) is 3.76. The van der Waals surface area contributed by atoms with Crippen LogP contribution in [0.5, 0.6) is 6.01 Å². The fraction of sp³-hybridized carbons (Fsp3) is 0.167. The zero-order valence-corrected chi connectivity index (χ0v) is 15.2. The minimum Gasteiger partial charge on any atom is -0.460 e. The van der Waals surface area contributed by atoms with Crippen LogP contribution in [0.2, 0.25) is 0 Å². The second kappa shape index (κ2) is 7.14. The monoisotopic (exact) mass is 403 g/mol. The summed E-state index contributed by atoms with van der Waals surface area (Å²) >= 11 is 3.36. The first-order valence-electron chi connectivity index (χ1n) is 7.64. The van der Waals surface area contributed by atoms with Gasteiger partial charge in [-0.3, -0.25) is 4.79 Å². The zero-order valence-electron chi connectivity index (χ0n) is 13.6. The molecule has 128 valence electrons. The topological polar surface area (TPSA) is 57.0 Å². The van der Waals surface area contributed by atoms with E-state index in [0.717, 1.165) is 4.68 Å². The Kier molecular flexibility index (Phi) is 4.94. The lowest BCUT2D eigenvalue weighted by Crippen LogP contribution is -2.16. The van der Waals surface area contributed by atoms with Crippen molar-refractivity contribution in [3.05, 3.63) is 64.4 Å². The van der Waals surface area contributed by atoms with Crippen molar-refractivity contribution in [2.75, 3.05) is 0 Å². The SMILES string of the molecule is CC(C)Oc1nc(-c2cccc(F)c2)n(C(=O)c2ccccc2Br)n1. The normalized spacial score (nSPS) is 10.9. The highest BCUT2D eigenvalue weighted by Gasteiger charge is 2.22. The molecule has 7 heteroatoms. The van der Waals surface area contributed by atoms with E-state index in [-0.39, 0.29) is 17.9 Å². The summed E-state index contributed by atoms with van der Waals surface area (Å²) in [6, 6.07) is 12.9. The molecule has 1 heterocycles. The molecule has 3 aromatic rings. The molecule has 0 radical (unpaired) electrons. The van der Waals surface area contributed by atoms with E-state index in [0.29, 0.717) is 15.6 Å². The molecule has 0 saturated carbocycles. The van der Waals surface area contributed by atoms with Crippen LogP contribution in [-0.2, 0) is 0 Å². The lowest BCUT2D eigenvalue weighted by molar-refractivity contribution is 0.0942. The van der Waals surface area contributed by atoms with Gasteiger partial charge in [-0.2, -0.15) is 9.67 Å². The molecule has 0 amide bonds. The Hall–Kier alpha value is -2.54. The highest BCUT2D eigenvalue weighted by molar-refractivity contribution is 9.10. The lowest BCUT2D eigenvalue weighted by atomic mass is 10.2. The summed E-state index contributed by atoms with van der Waals surface area (Å²) in [5, 5.41) is 4.16. The Morgan fingerprint density at radius 2 is 1.96 bits per heavy atom. The second-order valence-corrected chi connectivity index (χ2v) is 6.45. The van der Waals surface area contributed by atoms with Crippen LogP contribution in [-0.4, -0.2) is 26.8 Å². The quantitative estimate of drug-likeness (QED) is 0.650. The fourth-order valence-corrected chi connectivity index (χ4v) is 2.71. The van der Waals surface area contributed by atoms with Gasteiger partial charge in [-0.05, 0) is 54.0 Å². The predicted molar refractivity (Wildman–Crippen MR) is 95.1 cm³/mol. The summed E-state index contributed by atoms with van der Waals surface area (Å²) in [4.78, 5) is 17.2. The maximum absolute atomic E-state index is 13.6. The van der Waals surface area contributed by atoms with Crippen molar-refractivity contribution in [3.8, 4) is 17.4 Å². The second-order valence-electron chi connectivity index (χ2n) is 5.59.